The highest BCUT2D eigenvalue weighted by Gasteiger charge is 2.27. The molecule has 1 N–H and O–H groups in total. The largest absolute Gasteiger partial charge is 0.401 e. The molecule has 6 heteroatoms. The fraction of sp³-hybridized carbons (Fsp3) is 0.692. The van der Waals surface area contributed by atoms with Crippen LogP contribution in [0.25, 0.3) is 0 Å². The summed E-state index contributed by atoms with van der Waals surface area (Å²) in [5.41, 5.74) is 2.31. The minimum Gasteiger partial charge on any atom is -0.305 e. The Bertz CT molecular complexity index is 415. The van der Waals surface area contributed by atoms with Crippen LogP contribution in [0.3, 0.4) is 0 Å². The van der Waals surface area contributed by atoms with Crippen LogP contribution in [-0.2, 0) is 19.5 Å². The van der Waals surface area contributed by atoms with Crippen LogP contribution >= 0.6 is 11.3 Å². The Balaban J connectivity index is 1.91. The average Bonchev–Trinajstić information content (AvgIpc) is 2.71. The zero-order valence-electron chi connectivity index (χ0n) is 11.0. The third kappa shape index (κ3) is 4.19. The second-order valence-corrected chi connectivity index (χ2v) is 5.87. The predicted octanol–water partition coefficient (Wildman–Crippen LogP) is 3.17. The van der Waals surface area contributed by atoms with Crippen molar-refractivity contribution in [1.29, 1.82) is 0 Å². The lowest BCUT2D eigenvalue weighted by Crippen LogP contribution is -2.31. The van der Waals surface area contributed by atoms with Gasteiger partial charge in [0.1, 0.15) is 0 Å². The van der Waals surface area contributed by atoms with Gasteiger partial charge in [-0.25, -0.2) is 0 Å². The van der Waals surface area contributed by atoms with Crippen LogP contribution in [0.15, 0.2) is 5.38 Å². The third-order valence-electron chi connectivity index (χ3n) is 3.29. The Morgan fingerprint density at radius 3 is 2.89 bits per heavy atom. The molecule has 0 aliphatic carbocycles. The smallest absolute Gasteiger partial charge is 0.305 e. The van der Waals surface area contributed by atoms with E-state index in [-0.39, 0.29) is 0 Å². The highest BCUT2D eigenvalue weighted by molar-refractivity contribution is 7.10. The topological polar surface area (TPSA) is 15.3 Å². The van der Waals surface area contributed by atoms with E-state index < -0.39 is 12.7 Å². The number of halogens is 3. The molecule has 19 heavy (non-hydrogen) atoms. The number of nitrogens with zero attached hydrogens (tertiary/aromatic N) is 1. The normalized spacial score (nSPS) is 16.6. The molecule has 1 aliphatic rings. The summed E-state index contributed by atoms with van der Waals surface area (Å²) >= 11 is 1.68. The fourth-order valence-corrected chi connectivity index (χ4v) is 3.59. The minimum atomic E-state index is -4.13. The van der Waals surface area contributed by atoms with Gasteiger partial charge in [0.25, 0.3) is 0 Å². The SMILES string of the molecule is CCCN1CCc2c(CNCC(F)(F)F)csc2C1. The first-order valence-electron chi connectivity index (χ1n) is 6.57. The molecule has 108 valence electrons. The van der Waals surface area contributed by atoms with Gasteiger partial charge in [-0.3, -0.25) is 4.90 Å². The number of alkyl halides is 3. The van der Waals surface area contributed by atoms with E-state index in [1.807, 2.05) is 5.38 Å². The maximum atomic E-state index is 12.1. The predicted molar refractivity (Wildman–Crippen MR) is 71.4 cm³/mol. The highest BCUT2D eigenvalue weighted by Crippen LogP contribution is 2.28. The van der Waals surface area contributed by atoms with E-state index in [0.717, 1.165) is 38.0 Å². The van der Waals surface area contributed by atoms with E-state index in [1.54, 1.807) is 11.3 Å². The summed E-state index contributed by atoms with van der Waals surface area (Å²) in [6, 6.07) is 0. The molecule has 0 radical (unpaired) electrons. The summed E-state index contributed by atoms with van der Waals surface area (Å²) in [5.74, 6) is 0. The van der Waals surface area contributed by atoms with Crippen LogP contribution in [0.1, 0.15) is 29.3 Å². The van der Waals surface area contributed by atoms with Gasteiger partial charge >= 0.3 is 6.18 Å². The van der Waals surface area contributed by atoms with Crippen molar-refractivity contribution in [2.45, 2.75) is 39.0 Å². The Kier molecular flexibility index (Phi) is 4.86. The van der Waals surface area contributed by atoms with Gasteiger partial charge in [-0.05, 0) is 35.9 Å². The molecule has 1 aliphatic heterocycles. The lowest BCUT2D eigenvalue weighted by atomic mass is 10.0. The summed E-state index contributed by atoms with van der Waals surface area (Å²) in [6.07, 6.45) is -2.03. The Labute approximate surface area is 115 Å². The van der Waals surface area contributed by atoms with Crippen LogP contribution in [-0.4, -0.2) is 30.7 Å². The number of rotatable bonds is 5. The van der Waals surface area contributed by atoms with Gasteiger partial charge in [0.15, 0.2) is 0 Å². The summed E-state index contributed by atoms with van der Waals surface area (Å²) < 4.78 is 36.3. The van der Waals surface area contributed by atoms with E-state index in [0.29, 0.717) is 6.54 Å². The lowest BCUT2D eigenvalue weighted by Gasteiger charge is -2.26. The van der Waals surface area contributed by atoms with Crippen molar-refractivity contribution in [3.8, 4) is 0 Å². The quantitative estimate of drug-likeness (QED) is 0.897. The first-order valence-corrected chi connectivity index (χ1v) is 7.45. The molecule has 1 aromatic rings. The van der Waals surface area contributed by atoms with Crippen molar-refractivity contribution < 1.29 is 13.2 Å². The van der Waals surface area contributed by atoms with Crippen molar-refractivity contribution in [1.82, 2.24) is 10.2 Å². The monoisotopic (exact) mass is 292 g/mol. The van der Waals surface area contributed by atoms with Crippen molar-refractivity contribution in [2.75, 3.05) is 19.6 Å². The Morgan fingerprint density at radius 2 is 2.21 bits per heavy atom. The first kappa shape index (κ1) is 14.8. The molecule has 0 spiro atoms. The van der Waals surface area contributed by atoms with Crippen molar-refractivity contribution in [3.63, 3.8) is 0 Å². The molecular formula is C13H19F3N2S. The van der Waals surface area contributed by atoms with Crippen LogP contribution in [0, 0.1) is 0 Å². The molecule has 0 fully saturated rings. The lowest BCUT2D eigenvalue weighted by molar-refractivity contribution is -0.125. The molecule has 0 saturated carbocycles. The molecule has 0 aromatic carbocycles. The molecule has 0 unspecified atom stereocenters. The van der Waals surface area contributed by atoms with E-state index in [2.05, 4.69) is 17.1 Å². The molecule has 0 saturated heterocycles. The maximum Gasteiger partial charge on any atom is 0.401 e. The van der Waals surface area contributed by atoms with Crippen LogP contribution in [0.2, 0.25) is 0 Å². The van der Waals surface area contributed by atoms with E-state index in [9.17, 15) is 13.2 Å². The van der Waals surface area contributed by atoms with E-state index >= 15 is 0 Å². The van der Waals surface area contributed by atoms with Gasteiger partial charge in [0.2, 0.25) is 0 Å². The second kappa shape index (κ2) is 6.24. The zero-order chi connectivity index (χ0) is 13.9. The number of hydrogen-bond acceptors (Lipinski definition) is 3. The average molecular weight is 292 g/mol. The Morgan fingerprint density at radius 1 is 1.42 bits per heavy atom. The van der Waals surface area contributed by atoms with Crippen LogP contribution in [0.4, 0.5) is 13.2 Å². The molecular weight excluding hydrogens is 273 g/mol. The number of nitrogens with one attached hydrogen (secondary N) is 1. The highest BCUT2D eigenvalue weighted by atomic mass is 32.1. The fourth-order valence-electron chi connectivity index (χ4n) is 2.44. The van der Waals surface area contributed by atoms with Crippen molar-refractivity contribution in [3.05, 3.63) is 21.4 Å². The zero-order valence-corrected chi connectivity index (χ0v) is 11.8. The van der Waals surface area contributed by atoms with Gasteiger partial charge in [-0.1, -0.05) is 6.92 Å². The third-order valence-corrected chi connectivity index (χ3v) is 4.36. The number of hydrogen-bond donors (Lipinski definition) is 1. The first-order chi connectivity index (χ1) is 8.99. The molecule has 0 amide bonds. The van der Waals surface area contributed by atoms with E-state index in [1.165, 1.54) is 10.4 Å². The summed E-state index contributed by atoms with van der Waals surface area (Å²) in [6.45, 7) is 4.63. The summed E-state index contributed by atoms with van der Waals surface area (Å²) in [4.78, 5) is 3.73. The van der Waals surface area contributed by atoms with Gasteiger partial charge < -0.3 is 5.32 Å². The summed E-state index contributed by atoms with van der Waals surface area (Å²) in [5, 5.41) is 4.49. The molecule has 2 rings (SSSR count). The Hall–Kier alpha value is -0.590. The number of fused-ring (bicyclic) bond motifs is 1. The molecule has 0 atom stereocenters. The molecule has 2 heterocycles. The van der Waals surface area contributed by atoms with Crippen molar-refractivity contribution in [2.24, 2.45) is 0 Å². The maximum absolute atomic E-state index is 12.1. The summed E-state index contributed by atoms with van der Waals surface area (Å²) in [7, 11) is 0. The second-order valence-electron chi connectivity index (χ2n) is 4.91. The minimum absolute atomic E-state index is 0.319. The molecule has 1 aromatic heterocycles. The van der Waals surface area contributed by atoms with Gasteiger partial charge in [0.05, 0.1) is 6.54 Å². The number of thiophene rings is 1. The van der Waals surface area contributed by atoms with Crippen LogP contribution < -0.4 is 5.32 Å². The van der Waals surface area contributed by atoms with E-state index in [4.69, 9.17) is 0 Å². The van der Waals surface area contributed by atoms with Crippen LogP contribution in [0.5, 0.6) is 0 Å². The molecule has 2 nitrogen and oxygen atoms in total. The van der Waals surface area contributed by atoms with Gasteiger partial charge in [-0.2, -0.15) is 13.2 Å². The molecule has 0 bridgehead atoms. The van der Waals surface area contributed by atoms with Crippen molar-refractivity contribution >= 4 is 11.3 Å². The van der Waals surface area contributed by atoms with Gasteiger partial charge in [0, 0.05) is 24.5 Å². The standard InChI is InChI=1S/C13H19F3N2S/c1-2-4-18-5-3-11-10(8-19-12(11)7-18)6-17-9-13(14,15)16/h8,17H,2-7,9H2,1H3. The van der Waals surface area contributed by atoms with Gasteiger partial charge in [-0.15, -0.1) is 11.3 Å².